The first-order chi connectivity index (χ1) is 9.69. The second-order valence-corrected chi connectivity index (χ2v) is 6.23. The molecular weight excluding hydrogens is 266 g/mol. The predicted octanol–water partition coefficient (Wildman–Crippen LogP) is 3.67. The van der Waals surface area contributed by atoms with E-state index < -0.39 is 0 Å². The summed E-state index contributed by atoms with van der Waals surface area (Å²) in [6.45, 7) is 6.54. The summed E-state index contributed by atoms with van der Waals surface area (Å²) in [5, 5.41) is 10.2. The van der Waals surface area contributed by atoms with E-state index in [2.05, 4.69) is 35.3 Å². The van der Waals surface area contributed by atoms with Gasteiger partial charge in [0.05, 0.1) is 22.0 Å². The van der Waals surface area contributed by atoms with Crippen molar-refractivity contribution in [1.29, 1.82) is 5.26 Å². The molecule has 0 amide bonds. The minimum Gasteiger partial charge on any atom is -0.297 e. The van der Waals surface area contributed by atoms with Gasteiger partial charge in [-0.05, 0) is 55.6 Å². The van der Waals surface area contributed by atoms with Crippen LogP contribution in [0.15, 0.2) is 24.3 Å². The van der Waals surface area contributed by atoms with Gasteiger partial charge in [-0.25, -0.2) is 0 Å². The van der Waals surface area contributed by atoms with Gasteiger partial charge in [0.25, 0.3) is 0 Å². The molecule has 102 valence electrons. The Morgan fingerprint density at radius 2 is 2.25 bits per heavy atom. The number of fused-ring (bicyclic) bond motifs is 1. The van der Waals surface area contributed by atoms with Gasteiger partial charge in [-0.2, -0.15) is 9.64 Å². The summed E-state index contributed by atoms with van der Waals surface area (Å²) in [6, 6.07) is 8.62. The number of hydrogen-bond acceptors (Lipinski definition) is 4. The maximum Gasteiger partial charge on any atom is 0.0991 e. The molecule has 3 rings (SSSR count). The van der Waals surface area contributed by atoms with Gasteiger partial charge in [-0.15, -0.1) is 0 Å². The third kappa shape index (κ3) is 2.35. The Kier molecular flexibility index (Phi) is 3.56. The second-order valence-electron chi connectivity index (χ2n) is 5.42. The van der Waals surface area contributed by atoms with Crippen LogP contribution in [0.4, 0.5) is 0 Å². The maximum absolute atomic E-state index is 9.04. The quantitative estimate of drug-likeness (QED) is 0.844. The zero-order valence-electron chi connectivity index (χ0n) is 11.8. The van der Waals surface area contributed by atoms with E-state index in [1.165, 1.54) is 17.1 Å². The van der Waals surface area contributed by atoms with Crippen molar-refractivity contribution >= 4 is 27.2 Å². The molecule has 0 bridgehead atoms. The maximum atomic E-state index is 9.04. The Morgan fingerprint density at radius 1 is 1.40 bits per heavy atom. The van der Waals surface area contributed by atoms with Crippen LogP contribution in [-0.4, -0.2) is 28.4 Å². The number of nitrogens with zero attached hydrogens (tertiary/aromatic N) is 3. The van der Waals surface area contributed by atoms with Gasteiger partial charge in [0.2, 0.25) is 0 Å². The molecule has 0 radical (unpaired) electrons. The van der Waals surface area contributed by atoms with Crippen LogP contribution in [0.25, 0.3) is 15.7 Å². The van der Waals surface area contributed by atoms with Gasteiger partial charge in [0, 0.05) is 24.5 Å². The van der Waals surface area contributed by atoms with Crippen molar-refractivity contribution in [3.63, 3.8) is 0 Å². The fraction of sp³-hybridized carbons (Fsp3) is 0.375. The molecule has 0 aliphatic carbocycles. The van der Waals surface area contributed by atoms with E-state index in [0.29, 0.717) is 11.6 Å². The van der Waals surface area contributed by atoms with E-state index in [1.807, 2.05) is 18.2 Å². The van der Waals surface area contributed by atoms with Crippen LogP contribution in [0, 0.1) is 11.3 Å². The number of benzene rings is 1. The van der Waals surface area contributed by atoms with Gasteiger partial charge in [0.15, 0.2) is 0 Å². The lowest BCUT2D eigenvalue weighted by molar-refractivity contribution is 0.245. The lowest BCUT2D eigenvalue weighted by atomic mass is 10.0. The fourth-order valence-electron chi connectivity index (χ4n) is 2.61. The van der Waals surface area contributed by atoms with E-state index in [1.54, 1.807) is 0 Å². The summed E-state index contributed by atoms with van der Waals surface area (Å²) >= 11 is 1.52. The molecule has 0 N–H and O–H groups in total. The first-order valence-corrected chi connectivity index (χ1v) is 7.69. The average molecular weight is 283 g/mol. The first-order valence-electron chi connectivity index (χ1n) is 6.92. The van der Waals surface area contributed by atoms with Gasteiger partial charge >= 0.3 is 0 Å². The minimum absolute atomic E-state index is 0.588. The summed E-state index contributed by atoms with van der Waals surface area (Å²) in [5.41, 5.74) is 3.10. The molecule has 1 aromatic heterocycles. The number of rotatable bonds is 2. The Morgan fingerprint density at radius 3 is 2.90 bits per heavy atom. The Balaban J connectivity index is 1.97. The molecule has 0 saturated heterocycles. The highest BCUT2D eigenvalue weighted by atomic mass is 32.1. The highest BCUT2D eigenvalue weighted by molar-refractivity contribution is 7.13. The normalized spacial score (nSPS) is 16.4. The van der Waals surface area contributed by atoms with Gasteiger partial charge in [-0.3, -0.25) is 4.90 Å². The smallest absolute Gasteiger partial charge is 0.0991 e. The van der Waals surface area contributed by atoms with Crippen LogP contribution >= 0.6 is 11.5 Å². The minimum atomic E-state index is 0.588. The third-order valence-electron chi connectivity index (χ3n) is 3.87. The Bertz CT molecular complexity index is 706. The average Bonchev–Trinajstić information content (AvgIpc) is 2.90. The standard InChI is InChI=1S/C16H17N3S/c1-11(2)19-7-5-13(6-8-19)16-14-9-12(10-17)3-4-15(14)20-18-16/h3-5,9,11H,6-8H2,1-2H3. The van der Waals surface area contributed by atoms with Crippen LogP contribution < -0.4 is 0 Å². The van der Waals surface area contributed by atoms with Crippen LogP contribution in [-0.2, 0) is 0 Å². The van der Waals surface area contributed by atoms with E-state index in [4.69, 9.17) is 5.26 Å². The van der Waals surface area contributed by atoms with Crippen molar-refractivity contribution in [2.24, 2.45) is 0 Å². The highest BCUT2D eigenvalue weighted by Gasteiger charge is 2.18. The lowest BCUT2D eigenvalue weighted by Gasteiger charge is -2.29. The zero-order valence-corrected chi connectivity index (χ0v) is 12.6. The molecule has 0 unspecified atom stereocenters. The number of hydrogen-bond donors (Lipinski definition) is 0. The van der Waals surface area contributed by atoms with Crippen molar-refractivity contribution in [2.45, 2.75) is 26.3 Å². The molecule has 1 aliphatic rings. The molecule has 20 heavy (non-hydrogen) atoms. The van der Waals surface area contributed by atoms with E-state index >= 15 is 0 Å². The summed E-state index contributed by atoms with van der Waals surface area (Å²) in [7, 11) is 0. The summed E-state index contributed by atoms with van der Waals surface area (Å²) < 4.78 is 5.77. The molecule has 1 aliphatic heterocycles. The van der Waals surface area contributed by atoms with Crippen LogP contribution in [0.2, 0.25) is 0 Å². The van der Waals surface area contributed by atoms with Crippen molar-refractivity contribution in [3.8, 4) is 6.07 Å². The highest BCUT2D eigenvalue weighted by Crippen LogP contribution is 2.31. The number of aromatic nitrogens is 1. The van der Waals surface area contributed by atoms with E-state index in [9.17, 15) is 0 Å². The zero-order chi connectivity index (χ0) is 14.1. The molecule has 0 saturated carbocycles. The molecule has 3 nitrogen and oxygen atoms in total. The lowest BCUT2D eigenvalue weighted by Crippen LogP contribution is -2.34. The molecule has 0 atom stereocenters. The topological polar surface area (TPSA) is 39.9 Å². The molecule has 0 fully saturated rings. The number of nitriles is 1. The van der Waals surface area contributed by atoms with Crippen molar-refractivity contribution in [3.05, 3.63) is 35.5 Å². The van der Waals surface area contributed by atoms with Crippen molar-refractivity contribution < 1.29 is 0 Å². The summed E-state index contributed by atoms with van der Waals surface area (Å²) in [4.78, 5) is 2.46. The Hall–Kier alpha value is -1.70. The summed E-state index contributed by atoms with van der Waals surface area (Å²) in [6.07, 6.45) is 3.32. The van der Waals surface area contributed by atoms with Crippen LogP contribution in [0.5, 0.6) is 0 Å². The van der Waals surface area contributed by atoms with Crippen molar-refractivity contribution in [1.82, 2.24) is 9.27 Å². The van der Waals surface area contributed by atoms with Gasteiger partial charge < -0.3 is 0 Å². The summed E-state index contributed by atoms with van der Waals surface area (Å²) in [5.74, 6) is 0. The van der Waals surface area contributed by atoms with E-state index in [0.717, 1.165) is 35.3 Å². The largest absolute Gasteiger partial charge is 0.297 e. The fourth-order valence-corrected chi connectivity index (χ4v) is 3.40. The monoisotopic (exact) mass is 283 g/mol. The molecular formula is C16H17N3S. The molecule has 2 aromatic rings. The van der Waals surface area contributed by atoms with Crippen molar-refractivity contribution in [2.75, 3.05) is 13.1 Å². The Labute approximate surface area is 123 Å². The third-order valence-corrected chi connectivity index (χ3v) is 4.70. The second kappa shape index (κ2) is 5.35. The molecule has 4 heteroatoms. The molecule has 2 heterocycles. The van der Waals surface area contributed by atoms with Gasteiger partial charge in [-0.1, -0.05) is 6.08 Å². The van der Waals surface area contributed by atoms with E-state index in [-0.39, 0.29) is 0 Å². The van der Waals surface area contributed by atoms with Crippen LogP contribution in [0.3, 0.4) is 0 Å². The SMILES string of the molecule is CC(C)N1CC=C(c2nsc3ccc(C#N)cc23)CC1. The molecule has 1 aromatic carbocycles. The molecule has 0 spiro atoms. The first kappa shape index (κ1) is 13.3. The van der Waals surface area contributed by atoms with Gasteiger partial charge in [0.1, 0.15) is 0 Å². The van der Waals surface area contributed by atoms with Crippen LogP contribution in [0.1, 0.15) is 31.5 Å². The predicted molar refractivity (Wildman–Crippen MR) is 83.6 cm³/mol.